The first kappa shape index (κ1) is 17.4. The number of hydrogen-bond acceptors (Lipinski definition) is 6. The maximum Gasteiger partial charge on any atom is 0.328 e. The molecule has 7 unspecified atom stereocenters. The van der Waals surface area contributed by atoms with Gasteiger partial charge in [-0.1, -0.05) is 0 Å². The lowest BCUT2D eigenvalue weighted by Gasteiger charge is -2.38. The molecule has 3 rings (SSSR count). The summed E-state index contributed by atoms with van der Waals surface area (Å²) in [5, 5.41) is 19.7. The number of hydrogen-bond donors (Lipinski definition) is 2. The van der Waals surface area contributed by atoms with Crippen LogP contribution in [0.5, 0.6) is 0 Å². The fourth-order valence-electron chi connectivity index (χ4n) is 4.52. The Morgan fingerprint density at radius 1 is 1.54 bits per heavy atom. The lowest BCUT2D eigenvalue weighted by atomic mass is 9.89. The van der Waals surface area contributed by atoms with Gasteiger partial charge in [0.15, 0.2) is 0 Å². The third-order valence-electron chi connectivity index (χ3n) is 5.73. The van der Waals surface area contributed by atoms with Crippen molar-refractivity contribution in [2.45, 2.75) is 76.2 Å². The number of esters is 1. The summed E-state index contributed by atoms with van der Waals surface area (Å²) in [6, 6.07) is 2.97. The molecule has 3 aliphatic rings. The summed E-state index contributed by atoms with van der Waals surface area (Å²) >= 11 is 0. The molecule has 6 nitrogen and oxygen atoms in total. The van der Waals surface area contributed by atoms with Crippen molar-refractivity contribution in [2.75, 3.05) is 6.54 Å². The van der Waals surface area contributed by atoms with E-state index >= 15 is 0 Å². The largest absolute Gasteiger partial charge is 0.459 e. The molecular formula is C18H28N4O2. The maximum atomic E-state index is 12.5. The number of nitrogens with zero attached hydrogens (tertiary/aromatic N) is 2. The van der Waals surface area contributed by atoms with E-state index in [1.165, 1.54) is 6.21 Å². The lowest BCUT2D eigenvalue weighted by Crippen LogP contribution is -2.50. The molecule has 0 spiro atoms. The van der Waals surface area contributed by atoms with E-state index in [-0.39, 0.29) is 23.5 Å². The molecule has 3 fully saturated rings. The van der Waals surface area contributed by atoms with Crippen LogP contribution in [0.25, 0.3) is 0 Å². The molecule has 0 aromatic heterocycles. The summed E-state index contributed by atoms with van der Waals surface area (Å²) in [5.41, 5.74) is -0.762. The standard InChI is InChI=1S/C18H28N4O2/c1-11(13(8-19)9-20)21-10-12-5-14-7-18(15(6-12)22(14)18)16(23)24-17(2,3)4/h8,11-15,19,21H,5-7,10H2,1-4H3. The van der Waals surface area contributed by atoms with Gasteiger partial charge in [0.2, 0.25) is 0 Å². The second-order valence-corrected chi connectivity index (χ2v) is 8.56. The zero-order chi connectivity index (χ0) is 17.7. The second kappa shape index (κ2) is 5.82. The van der Waals surface area contributed by atoms with Gasteiger partial charge in [-0.25, -0.2) is 4.79 Å². The van der Waals surface area contributed by atoms with Crippen molar-refractivity contribution >= 4 is 12.2 Å². The molecule has 0 aromatic carbocycles. The van der Waals surface area contributed by atoms with Gasteiger partial charge < -0.3 is 15.5 Å². The van der Waals surface area contributed by atoms with E-state index in [0.29, 0.717) is 18.0 Å². The van der Waals surface area contributed by atoms with Crippen LogP contribution in [0, 0.1) is 28.6 Å². The number of nitrogens with one attached hydrogen (secondary N) is 2. The van der Waals surface area contributed by atoms with E-state index in [1.54, 1.807) is 0 Å². The predicted octanol–water partition coefficient (Wildman–Crippen LogP) is 1.70. The molecular weight excluding hydrogens is 304 g/mol. The van der Waals surface area contributed by atoms with Gasteiger partial charge in [0.1, 0.15) is 11.1 Å². The van der Waals surface area contributed by atoms with Gasteiger partial charge in [0, 0.05) is 24.3 Å². The van der Waals surface area contributed by atoms with Crippen LogP contribution in [0.15, 0.2) is 0 Å². The van der Waals surface area contributed by atoms with E-state index in [4.69, 9.17) is 15.4 Å². The number of fused-ring (bicyclic) bond motifs is 1. The topological polar surface area (TPSA) is 89.0 Å². The van der Waals surface area contributed by atoms with E-state index < -0.39 is 5.60 Å². The second-order valence-electron chi connectivity index (χ2n) is 8.56. The molecule has 0 saturated carbocycles. The Labute approximate surface area is 144 Å². The Morgan fingerprint density at radius 3 is 2.83 bits per heavy atom. The highest BCUT2D eigenvalue weighted by molar-refractivity contribution is 5.88. The number of nitriles is 1. The van der Waals surface area contributed by atoms with Crippen molar-refractivity contribution < 1.29 is 9.53 Å². The highest BCUT2D eigenvalue weighted by Crippen LogP contribution is 2.64. The van der Waals surface area contributed by atoms with E-state index in [0.717, 1.165) is 25.8 Å². The normalized spacial score (nSPS) is 38.8. The molecule has 0 radical (unpaired) electrons. The zero-order valence-corrected chi connectivity index (χ0v) is 15.0. The van der Waals surface area contributed by atoms with Crippen LogP contribution in [-0.2, 0) is 9.53 Å². The molecule has 6 heteroatoms. The van der Waals surface area contributed by atoms with Crippen LogP contribution in [0.4, 0.5) is 0 Å². The van der Waals surface area contributed by atoms with Crippen LogP contribution in [-0.4, -0.2) is 52.9 Å². The van der Waals surface area contributed by atoms with Crippen LogP contribution in [0.3, 0.4) is 0 Å². The number of rotatable bonds is 6. The van der Waals surface area contributed by atoms with Crippen LogP contribution in [0.2, 0.25) is 0 Å². The molecule has 0 aromatic rings. The van der Waals surface area contributed by atoms with Crippen molar-refractivity contribution in [1.29, 1.82) is 10.7 Å². The van der Waals surface area contributed by atoms with Crippen molar-refractivity contribution in [2.24, 2.45) is 11.8 Å². The van der Waals surface area contributed by atoms with E-state index in [9.17, 15) is 4.79 Å². The van der Waals surface area contributed by atoms with Gasteiger partial charge in [-0.2, -0.15) is 5.26 Å². The Morgan fingerprint density at radius 2 is 2.25 bits per heavy atom. The van der Waals surface area contributed by atoms with Gasteiger partial charge in [-0.15, -0.1) is 0 Å². The predicted molar refractivity (Wildman–Crippen MR) is 90.7 cm³/mol. The van der Waals surface area contributed by atoms with Crippen LogP contribution < -0.4 is 5.32 Å². The highest BCUT2D eigenvalue weighted by atomic mass is 16.6. The van der Waals surface area contributed by atoms with E-state index in [2.05, 4.69) is 16.3 Å². The monoisotopic (exact) mass is 332 g/mol. The molecule has 0 aliphatic carbocycles. The maximum absolute atomic E-state index is 12.5. The van der Waals surface area contributed by atoms with Gasteiger partial charge in [-0.05, 0) is 59.4 Å². The van der Waals surface area contributed by atoms with Crippen molar-refractivity contribution in [3.05, 3.63) is 0 Å². The lowest BCUT2D eigenvalue weighted by molar-refractivity contribution is -0.163. The first-order valence-corrected chi connectivity index (χ1v) is 8.88. The summed E-state index contributed by atoms with van der Waals surface area (Å²) < 4.78 is 5.63. The smallest absolute Gasteiger partial charge is 0.328 e. The summed E-state index contributed by atoms with van der Waals surface area (Å²) in [6.45, 7) is 8.55. The summed E-state index contributed by atoms with van der Waals surface area (Å²) in [7, 11) is 0. The average molecular weight is 332 g/mol. The quantitative estimate of drug-likeness (QED) is 0.439. The van der Waals surface area contributed by atoms with Crippen LogP contribution in [0.1, 0.15) is 47.0 Å². The fraction of sp³-hybridized carbons (Fsp3) is 0.833. The first-order chi connectivity index (χ1) is 11.2. The van der Waals surface area contributed by atoms with Gasteiger partial charge in [0.05, 0.1) is 12.0 Å². The Hall–Kier alpha value is -1.45. The number of carbonyl (C=O) groups is 1. The molecule has 24 heavy (non-hydrogen) atoms. The summed E-state index contributed by atoms with van der Waals surface area (Å²) in [5.74, 6) is 0.0926. The Bertz CT molecular complexity index is 579. The minimum absolute atomic E-state index is 0.0143. The molecule has 3 aliphatic heterocycles. The van der Waals surface area contributed by atoms with Crippen molar-refractivity contribution in [3.8, 4) is 6.07 Å². The average Bonchev–Trinajstić information content (AvgIpc) is 3.07. The van der Waals surface area contributed by atoms with Gasteiger partial charge in [-0.3, -0.25) is 4.90 Å². The van der Waals surface area contributed by atoms with Gasteiger partial charge in [0.25, 0.3) is 0 Å². The van der Waals surface area contributed by atoms with Crippen molar-refractivity contribution in [1.82, 2.24) is 10.2 Å². The first-order valence-electron chi connectivity index (χ1n) is 8.88. The Kier molecular flexibility index (Phi) is 4.21. The number of ether oxygens (including phenoxy) is 1. The third-order valence-corrected chi connectivity index (χ3v) is 5.73. The number of piperidine rings is 1. The summed E-state index contributed by atoms with van der Waals surface area (Å²) in [6.07, 6.45) is 4.25. The highest BCUT2D eigenvalue weighted by Gasteiger charge is 2.80. The van der Waals surface area contributed by atoms with Crippen molar-refractivity contribution in [3.63, 3.8) is 0 Å². The summed E-state index contributed by atoms with van der Waals surface area (Å²) in [4.78, 5) is 14.9. The molecule has 7 atom stereocenters. The van der Waals surface area contributed by atoms with Crippen LogP contribution >= 0.6 is 0 Å². The minimum Gasteiger partial charge on any atom is -0.459 e. The Balaban J connectivity index is 1.53. The fourth-order valence-corrected chi connectivity index (χ4v) is 4.52. The molecule has 0 bridgehead atoms. The number of carbonyl (C=O) groups excluding carboxylic acids is 1. The molecule has 3 saturated heterocycles. The van der Waals surface area contributed by atoms with E-state index in [1.807, 2.05) is 27.7 Å². The molecule has 132 valence electrons. The molecule has 3 heterocycles. The minimum atomic E-state index is -0.431. The SMILES string of the molecule is CC(NCC1CC2CC3(C(=O)OC(C)(C)C)C(C1)N23)C(C#N)C=N. The third kappa shape index (κ3) is 2.74. The zero-order valence-electron chi connectivity index (χ0n) is 15.0. The molecule has 0 amide bonds. The molecule has 2 N–H and O–H groups in total. The van der Waals surface area contributed by atoms with Gasteiger partial charge >= 0.3 is 5.97 Å².